The van der Waals surface area contributed by atoms with E-state index in [4.69, 9.17) is 5.73 Å². The second-order valence-corrected chi connectivity index (χ2v) is 5.27. The monoisotopic (exact) mass is 262 g/mol. The van der Waals surface area contributed by atoms with Crippen molar-refractivity contribution in [3.63, 3.8) is 0 Å². The number of carbonyl (C=O) groups excluding carboxylic acids is 1. The summed E-state index contributed by atoms with van der Waals surface area (Å²) in [6, 6.07) is 5.43. The molecule has 0 aromatic heterocycles. The second-order valence-electron chi connectivity index (χ2n) is 5.27. The molecule has 1 aromatic carbocycles. The number of nitrogens with zero attached hydrogens (tertiary/aromatic N) is 1. The van der Waals surface area contributed by atoms with Crippen LogP contribution < -0.4 is 5.73 Å². The van der Waals surface area contributed by atoms with Crippen LogP contribution in [0.1, 0.15) is 41.6 Å². The van der Waals surface area contributed by atoms with E-state index in [1.807, 2.05) is 19.1 Å². The Morgan fingerprint density at radius 2 is 2.21 bits per heavy atom. The van der Waals surface area contributed by atoms with Crippen molar-refractivity contribution in [2.75, 3.05) is 18.9 Å². The van der Waals surface area contributed by atoms with Crippen LogP contribution in [0.4, 0.5) is 5.69 Å². The third-order valence-corrected chi connectivity index (χ3v) is 3.79. The normalized spacial score (nSPS) is 20.1. The first-order chi connectivity index (χ1) is 9.13. The molecule has 1 aromatic rings. The minimum Gasteiger partial charge on any atom is -0.398 e. The summed E-state index contributed by atoms with van der Waals surface area (Å²) in [7, 11) is 0. The third kappa shape index (κ3) is 3.07. The summed E-state index contributed by atoms with van der Waals surface area (Å²) in [4.78, 5) is 14.4. The molecule has 1 saturated heterocycles. The number of aliphatic hydroxyl groups is 1. The highest BCUT2D eigenvalue weighted by atomic mass is 16.3. The van der Waals surface area contributed by atoms with Gasteiger partial charge >= 0.3 is 0 Å². The zero-order valence-corrected chi connectivity index (χ0v) is 11.4. The molecule has 1 heterocycles. The number of nitrogens with two attached hydrogens (primary N) is 1. The number of nitrogen functional groups attached to an aromatic ring is 1. The predicted molar refractivity (Wildman–Crippen MR) is 76.0 cm³/mol. The van der Waals surface area contributed by atoms with Crippen LogP contribution in [0.25, 0.3) is 0 Å². The first kappa shape index (κ1) is 13.9. The van der Waals surface area contributed by atoms with Gasteiger partial charge in [0.2, 0.25) is 0 Å². The minimum atomic E-state index is -0.0734. The van der Waals surface area contributed by atoms with Gasteiger partial charge in [0, 0.05) is 12.2 Å². The van der Waals surface area contributed by atoms with Crippen LogP contribution in [0.5, 0.6) is 0 Å². The van der Waals surface area contributed by atoms with Gasteiger partial charge in [0.1, 0.15) is 0 Å². The van der Waals surface area contributed by atoms with E-state index < -0.39 is 0 Å². The van der Waals surface area contributed by atoms with E-state index in [2.05, 4.69) is 0 Å². The average Bonchev–Trinajstić information content (AvgIpc) is 2.63. The van der Waals surface area contributed by atoms with Gasteiger partial charge in [-0.05, 0) is 37.5 Å². The molecule has 3 N–H and O–H groups in total. The fourth-order valence-electron chi connectivity index (χ4n) is 2.67. The fourth-order valence-corrected chi connectivity index (χ4v) is 2.67. The molecular formula is C15H22N2O2. The summed E-state index contributed by atoms with van der Waals surface area (Å²) in [5.74, 6) is -0.0570. The number of aliphatic hydroxyl groups excluding tert-OH is 1. The second kappa shape index (κ2) is 6.06. The summed E-state index contributed by atoms with van der Waals surface area (Å²) in [5, 5.41) is 9.47. The van der Waals surface area contributed by atoms with Crippen LogP contribution in [0.15, 0.2) is 18.2 Å². The fraction of sp³-hybridized carbons (Fsp3) is 0.533. The van der Waals surface area contributed by atoms with Gasteiger partial charge in [-0.25, -0.2) is 0 Å². The molecule has 1 aliphatic rings. The quantitative estimate of drug-likeness (QED) is 0.801. The molecule has 4 heteroatoms. The first-order valence-electron chi connectivity index (χ1n) is 6.91. The Hall–Kier alpha value is -1.55. The highest BCUT2D eigenvalue weighted by Gasteiger charge is 2.26. The highest BCUT2D eigenvalue weighted by Crippen LogP contribution is 2.22. The van der Waals surface area contributed by atoms with Crippen molar-refractivity contribution in [3.05, 3.63) is 29.3 Å². The molecule has 0 saturated carbocycles. The number of amides is 1. The molecule has 2 rings (SSSR count). The number of hydrogen-bond donors (Lipinski definition) is 2. The maximum Gasteiger partial charge on any atom is 0.256 e. The Morgan fingerprint density at radius 1 is 1.42 bits per heavy atom. The Labute approximate surface area is 114 Å². The van der Waals surface area contributed by atoms with Gasteiger partial charge in [0.25, 0.3) is 5.91 Å². The molecule has 1 atom stereocenters. The Morgan fingerprint density at radius 3 is 2.89 bits per heavy atom. The summed E-state index contributed by atoms with van der Waals surface area (Å²) in [6.07, 6.45) is 4.05. The molecule has 0 bridgehead atoms. The lowest BCUT2D eigenvalue weighted by Gasteiger charge is -2.29. The van der Waals surface area contributed by atoms with E-state index in [0.717, 1.165) is 31.2 Å². The van der Waals surface area contributed by atoms with Crippen molar-refractivity contribution in [2.24, 2.45) is 0 Å². The number of benzene rings is 1. The summed E-state index contributed by atoms with van der Waals surface area (Å²) in [6.45, 7) is 2.68. The third-order valence-electron chi connectivity index (χ3n) is 3.79. The zero-order chi connectivity index (χ0) is 13.8. The van der Waals surface area contributed by atoms with Gasteiger partial charge in [-0.3, -0.25) is 4.79 Å². The van der Waals surface area contributed by atoms with Gasteiger partial charge in [-0.2, -0.15) is 0 Å². The number of anilines is 1. The molecule has 0 spiro atoms. The maximum atomic E-state index is 12.6. The number of hydrogen-bond acceptors (Lipinski definition) is 3. The van der Waals surface area contributed by atoms with Crippen LogP contribution in [0.2, 0.25) is 0 Å². The Bertz CT molecular complexity index is 459. The van der Waals surface area contributed by atoms with Gasteiger partial charge in [0.15, 0.2) is 0 Å². The largest absolute Gasteiger partial charge is 0.398 e. The molecule has 104 valence electrons. The molecule has 1 aliphatic heterocycles. The number of likely N-dealkylation sites (tertiary alicyclic amines) is 1. The van der Waals surface area contributed by atoms with Crippen LogP contribution in [-0.2, 0) is 0 Å². The molecule has 0 aliphatic carbocycles. The Kier molecular flexibility index (Phi) is 4.43. The van der Waals surface area contributed by atoms with E-state index in [9.17, 15) is 9.90 Å². The summed E-state index contributed by atoms with van der Waals surface area (Å²) >= 11 is 0. The summed E-state index contributed by atoms with van der Waals surface area (Å²) < 4.78 is 0. The molecule has 4 nitrogen and oxygen atoms in total. The molecule has 1 amide bonds. The van der Waals surface area contributed by atoms with Crippen LogP contribution >= 0.6 is 0 Å². The van der Waals surface area contributed by atoms with E-state index in [1.165, 1.54) is 0 Å². The van der Waals surface area contributed by atoms with Crippen molar-refractivity contribution in [1.29, 1.82) is 0 Å². The van der Waals surface area contributed by atoms with Crippen LogP contribution in [0, 0.1) is 6.92 Å². The van der Waals surface area contributed by atoms with E-state index in [1.54, 1.807) is 11.0 Å². The lowest BCUT2D eigenvalue weighted by Crippen LogP contribution is -2.42. The van der Waals surface area contributed by atoms with Gasteiger partial charge in [-0.1, -0.05) is 18.9 Å². The van der Waals surface area contributed by atoms with Crippen LogP contribution in [-0.4, -0.2) is 35.1 Å². The zero-order valence-electron chi connectivity index (χ0n) is 11.4. The molecule has 0 radical (unpaired) electrons. The number of aryl methyl sites for hydroxylation is 1. The van der Waals surface area contributed by atoms with Gasteiger partial charge in [0.05, 0.1) is 18.2 Å². The average molecular weight is 262 g/mol. The van der Waals surface area contributed by atoms with E-state index in [-0.39, 0.29) is 18.6 Å². The van der Waals surface area contributed by atoms with Crippen molar-refractivity contribution in [3.8, 4) is 0 Å². The molecule has 19 heavy (non-hydrogen) atoms. The van der Waals surface area contributed by atoms with Crippen LogP contribution in [0.3, 0.4) is 0 Å². The standard InChI is InChI=1S/C15H22N2O2/c1-11-6-7-13(14(16)9-11)15(19)17-8-4-2-3-5-12(17)10-18/h6-7,9,12,18H,2-5,8,10,16H2,1H3. The number of rotatable bonds is 2. The topological polar surface area (TPSA) is 66.6 Å². The molecule has 1 fully saturated rings. The Balaban J connectivity index is 2.25. The first-order valence-corrected chi connectivity index (χ1v) is 6.91. The highest BCUT2D eigenvalue weighted by molar-refractivity contribution is 5.99. The maximum absolute atomic E-state index is 12.6. The van der Waals surface area contributed by atoms with Crippen molar-refractivity contribution in [2.45, 2.75) is 38.6 Å². The lowest BCUT2D eigenvalue weighted by atomic mass is 10.1. The molecule has 1 unspecified atom stereocenters. The van der Waals surface area contributed by atoms with Crippen molar-refractivity contribution in [1.82, 2.24) is 4.90 Å². The summed E-state index contributed by atoms with van der Waals surface area (Å²) in [5.41, 5.74) is 8.06. The smallest absolute Gasteiger partial charge is 0.256 e. The van der Waals surface area contributed by atoms with Crippen molar-refractivity contribution < 1.29 is 9.90 Å². The minimum absolute atomic E-state index is 0.0253. The van der Waals surface area contributed by atoms with Gasteiger partial charge in [-0.15, -0.1) is 0 Å². The predicted octanol–water partition coefficient (Wildman–Crippen LogP) is 1.95. The van der Waals surface area contributed by atoms with Gasteiger partial charge < -0.3 is 15.7 Å². The number of carbonyl (C=O) groups is 1. The van der Waals surface area contributed by atoms with E-state index >= 15 is 0 Å². The molecular weight excluding hydrogens is 240 g/mol. The SMILES string of the molecule is Cc1ccc(C(=O)N2CCCCCC2CO)c(N)c1. The van der Waals surface area contributed by atoms with Crippen molar-refractivity contribution >= 4 is 11.6 Å². The lowest BCUT2D eigenvalue weighted by molar-refractivity contribution is 0.0601. The van der Waals surface area contributed by atoms with E-state index in [0.29, 0.717) is 17.8 Å².